The second-order valence-electron chi connectivity index (χ2n) is 7.76. The Hall–Kier alpha value is -2.92. The number of carbonyl (C=O) groups excluding carboxylic acids is 1. The number of amides is 1. The van der Waals surface area contributed by atoms with Crippen LogP contribution in [0.5, 0.6) is 0 Å². The third-order valence-electron chi connectivity index (χ3n) is 5.61. The minimum Gasteiger partial charge on any atom is -0.396 e. The van der Waals surface area contributed by atoms with E-state index in [4.69, 9.17) is 10.3 Å². The number of aliphatic hydroxyl groups excluding tert-OH is 1. The van der Waals surface area contributed by atoms with Gasteiger partial charge in [-0.25, -0.2) is 18.3 Å². The van der Waals surface area contributed by atoms with Gasteiger partial charge in [-0.15, -0.1) is 0 Å². The van der Waals surface area contributed by atoms with Crippen molar-refractivity contribution < 1.29 is 27.9 Å². The molecule has 1 fully saturated rings. The van der Waals surface area contributed by atoms with Crippen LogP contribution in [0.15, 0.2) is 18.3 Å². The van der Waals surface area contributed by atoms with E-state index in [-0.39, 0.29) is 37.0 Å². The van der Waals surface area contributed by atoms with Gasteiger partial charge in [-0.05, 0) is 49.5 Å². The summed E-state index contributed by atoms with van der Waals surface area (Å²) in [4.78, 5) is 11.9. The van der Waals surface area contributed by atoms with Crippen molar-refractivity contribution in [2.24, 2.45) is 11.8 Å². The van der Waals surface area contributed by atoms with Gasteiger partial charge in [0.1, 0.15) is 5.82 Å². The molecule has 1 aliphatic rings. The average Bonchev–Trinajstić information content (AvgIpc) is 3.39. The summed E-state index contributed by atoms with van der Waals surface area (Å²) in [6, 6.07) is 2.76. The molecule has 1 aromatic heterocycles. The summed E-state index contributed by atoms with van der Waals surface area (Å²) in [6.07, 6.45) is 3.07. The molecule has 1 saturated carbocycles. The lowest BCUT2D eigenvalue weighted by Gasteiger charge is -2.25. The Morgan fingerprint density at radius 3 is 2.77 bits per heavy atom. The van der Waals surface area contributed by atoms with Gasteiger partial charge in [0.25, 0.3) is 5.91 Å². The number of aliphatic hydroxyl groups is 1. The lowest BCUT2D eigenvalue weighted by Crippen LogP contribution is -2.49. The van der Waals surface area contributed by atoms with Gasteiger partial charge in [-0.1, -0.05) is 5.92 Å². The molecule has 8 nitrogen and oxygen atoms in total. The monoisotopic (exact) mass is 447 g/mol. The first kappa shape index (κ1) is 22.8. The molecule has 1 aromatic carbocycles. The number of rotatable bonds is 6. The fraction of sp³-hybridized carbons (Fsp3) is 0.429. The molecular weight excluding hydrogens is 425 g/mol. The summed E-state index contributed by atoms with van der Waals surface area (Å²) < 4.78 is 38.2. The lowest BCUT2D eigenvalue weighted by atomic mass is 10.1. The topological polar surface area (TPSA) is 122 Å². The van der Waals surface area contributed by atoms with Crippen molar-refractivity contribution in [2.75, 3.05) is 12.9 Å². The van der Waals surface area contributed by atoms with Crippen LogP contribution in [0.4, 0.5) is 4.39 Å². The smallest absolute Gasteiger partial charge is 0.264 e. The third kappa shape index (κ3) is 4.72. The van der Waals surface area contributed by atoms with Gasteiger partial charge in [0.05, 0.1) is 17.3 Å². The summed E-state index contributed by atoms with van der Waals surface area (Å²) in [5, 5.41) is 22.6. The zero-order chi connectivity index (χ0) is 22.8. The second kappa shape index (κ2) is 8.67. The Morgan fingerprint density at radius 1 is 1.42 bits per heavy atom. The number of hydroxylamine groups is 1. The Bertz CT molecular complexity index is 1250. The molecule has 0 spiro atoms. The molecule has 1 aliphatic carbocycles. The van der Waals surface area contributed by atoms with Gasteiger partial charge >= 0.3 is 0 Å². The predicted octanol–water partition coefficient (Wildman–Crippen LogP) is 0.858. The van der Waals surface area contributed by atoms with E-state index in [1.54, 1.807) is 0 Å². The van der Waals surface area contributed by atoms with Crippen molar-refractivity contribution in [3.63, 3.8) is 0 Å². The van der Waals surface area contributed by atoms with Crippen LogP contribution in [0.1, 0.15) is 25.3 Å². The normalized spacial score (nSPS) is 19.5. The van der Waals surface area contributed by atoms with E-state index in [0.29, 0.717) is 10.9 Å². The van der Waals surface area contributed by atoms with E-state index in [1.807, 2.05) is 0 Å². The highest BCUT2D eigenvalue weighted by molar-refractivity contribution is 7.92. The molecule has 2 aromatic rings. The van der Waals surface area contributed by atoms with E-state index in [0.717, 1.165) is 12.7 Å². The van der Waals surface area contributed by atoms with Crippen LogP contribution in [-0.2, 0) is 21.2 Å². The summed E-state index contributed by atoms with van der Waals surface area (Å²) in [5.41, 5.74) is 1.95. The number of nitrogens with zero attached hydrogens (tertiary/aromatic N) is 2. The molecule has 10 heteroatoms. The highest BCUT2D eigenvalue weighted by Crippen LogP contribution is 2.36. The number of halogens is 1. The first-order valence-corrected chi connectivity index (χ1v) is 11.4. The molecule has 0 bridgehead atoms. The van der Waals surface area contributed by atoms with Gasteiger partial charge in [-0.3, -0.25) is 14.7 Å². The Balaban J connectivity index is 1.80. The molecule has 3 rings (SSSR count). The first-order chi connectivity index (χ1) is 14.6. The fourth-order valence-corrected chi connectivity index (χ4v) is 3.98. The molecule has 0 saturated heterocycles. The molecule has 0 aliphatic heterocycles. The fourth-order valence-electron chi connectivity index (χ4n) is 3.13. The summed E-state index contributed by atoms with van der Waals surface area (Å²) in [7, 11) is -3.85. The van der Waals surface area contributed by atoms with Crippen molar-refractivity contribution in [3.8, 4) is 23.7 Å². The molecular formula is C21H22FN3O5S. The minimum atomic E-state index is -3.85. The standard InChI is InChI=1S/C21H22FN3O5S/c1-21(20(27)24-28,31(2,29)30)7-8-25-19-11-18(22)15(10-16(19)12-23-25)6-4-3-5-14-9-17(14)13-26/h10-12,14,17,26,28H,7-9,13H2,1-2H3,(H,24,27)/t14-,17+,21+/m0/s1. The maximum absolute atomic E-state index is 14.5. The van der Waals surface area contributed by atoms with Crippen LogP contribution in [0.2, 0.25) is 0 Å². The number of aromatic nitrogens is 2. The molecule has 31 heavy (non-hydrogen) atoms. The number of benzene rings is 1. The summed E-state index contributed by atoms with van der Waals surface area (Å²) >= 11 is 0. The van der Waals surface area contributed by atoms with E-state index in [2.05, 4.69) is 28.8 Å². The van der Waals surface area contributed by atoms with Crippen molar-refractivity contribution >= 4 is 26.6 Å². The summed E-state index contributed by atoms with van der Waals surface area (Å²) in [6.45, 7) is 1.32. The number of carbonyl (C=O) groups is 1. The zero-order valence-electron chi connectivity index (χ0n) is 17.0. The molecule has 3 N–H and O–H groups in total. The number of sulfone groups is 1. The van der Waals surface area contributed by atoms with Crippen LogP contribution in [0.25, 0.3) is 10.9 Å². The number of hydrogen-bond donors (Lipinski definition) is 3. The van der Waals surface area contributed by atoms with Crippen LogP contribution in [0, 0.1) is 41.3 Å². The highest BCUT2D eigenvalue weighted by Gasteiger charge is 2.43. The van der Waals surface area contributed by atoms with Gasteiger partial charge in [-0.2, -0.15) is 5.10 Å². The third-order valence-corrected chi connectivity index (χ3v) is 7.63. The van der Waals surface area contributed by atoms with Gasteiger partial charge in [0.15, 0.2) is 14.6 Å². The zero-order valence-corrected chi connectivity index (χ0v) is 17.8. The number of nitrogens with one attached hydrogen (secondary N) is 1. The first-order valence-electron chi connectivity index (χ1n) is 9.52. The van der Waals surface area contributed by atoms with Crippen LogP contribution < -0.4 is 5.48 Å². The van der Waals surface area contributed by atoms with E-state index in [1.165, 1.54) is 35.4 Å². The predicted molar refractivity (Wildman–Crippen MR) is 111 cm³/mol. The SMILES string of the molecule is C[C@@](CCn1ncc2cc(C#CC#C[C@H]3C[C@@H]3CO)c(F)cc21)(C(=O)NO)S(C)(=O)=O. The maximum Gasteiger partial charge on any atom is 0.264 e. The van der Waals surface area contributed by atoms with Crippen molar-refractivity contribution in [2.45, 2.75) is 31.1 Å². The van der Waals surface area contributed by atoms with E-state index in [9.17, 15) is 17.6 Å². The van der Waals surface area contributed by atoms with Crippen LogP contribution in [-0.4, -0.2) is 52.0 Å². The van der Waals surface area contributed by atoms with Crippen LogP contribution in [0.3, 0.4) is 0 Å². The van der Waals surface area contributed by atoms with E-state index < -0.39 is 26.3 Å². The largest absolute Gasteiger partial charge is 0.396 e. The van der Waals surface area contributed by atoms with Gasteiger partial charge < -0.3 is 5.11 Å². The summed E-state index contributed by atoms with van der Waals surface area (Å²) in [5.74, 6) is 9.62. The molecule has 0 radical (unpaired) electrons. The lowest BCUT2D eigenvalue weighted by molar-refractivity contribution is -0.131. The minimum absolute atomic E-state index is 0.00381. The van der Waals surface area contributed by atoms with Crippen LogP contribution >= 0.6 is 0 Å². The molecule has 164 valence electrons. The van der Waals surface area contributed by atoms with Crippen molar-refractivity contribution in [1.82, 2.24) is 15.3 Å². The second-order valence-corrected chi connectivity index (χ2v) is 10.2. The number of hydrogen-bond acceptors (Lipinski definition) is 6. The number of aryl methyl sites for hydroxylation is 1. The van der Waals surface area contributed by atoms with Crippen molar-refractivity contribution in [1.29, 1.82) is 0 Å². The van der Waals surface area contributed by atoms with Gasteiger partial charge in [0, 0.05) is 36.8 Å². The average molecular weight is 447 g/mol. The molecule has 1 amide bonds. The Morgan fingerprint density at radius 2 is 2.16 bits per heavy atom. The molecule has 3 atom stereocenters. The number of fused-ring (bicyclic) bond motifs is 1. The Labute approximate surface area is 179 Å². The highest BCUT2D eigenvalue weighted by atomic mass is 32.2. The maximum atomic E-state index is 14.5. The molecule has 0 unspecified atom stereocenters. The van der Waals surface area contributed by atoms with E-state index >= 15 is 0 Å². The quantitative estimate of drug-likeness (QED) is 0.343. The Kier molecular flexibility index (Phi) is 6.37. The van der Waals surface area contributed by atoms with Crippen molar-refractivity contribution in [3.05, 3.63) is 29.7 Å². The molecule has 1 heterocycles. The van der Waals surface area contributed by atoms with Gasteiger partial charge in [0.2, 0.25) is 0 Å².